The van der Waals surface area contributed by atoms with Gasteiger partial charge in [0.15, 0.2) is 6.23 Å². The molecule has 0 amide bonds. The zero-order valence-electron chi connectivity index (χ0n) is 8.62. The van der Waals surface area contributed by atoms with Gasteiger partial charge in [0.1, 0.15) is 0 Å². The standard InChI is InChI=1S/C11H14ClNO/c1-11(2,3)13-10(14-13)8-6-4-5-7-9(8)12/h4-7,10H,1-3H3. The third-order valence-corrected chi connectivity index (χ3v) is 2.56. The van der Waals surface area contributed by atoms with E-state index in [1.807, 2.05) is 29.3 Å². The third kappa shape index (κ3) is 1.78. The molecule has 1 aromatic rings. The van der Waals surface area contributed by atoms with Crippen LogP contribution in [0.15, 0.2) is 24.3 Å². The maximum atomic E-state index is 6.07. The van der Waals surface area contributed by atoms with E-state index in [0.29, 0.717) is 0 Å². The topological polar surface area (TPSA) is 15.5 Å². The molecule has 0 saturated carbocycles. The van der Waals surface area contributed by atoms with Gasteiger partial charge in [-0.3, -0.25) is 4.84 Å². The summed E-state index contributed by atoms with van der Waals surface area (Å²) >= 11 is 6.07. The molecule has 0 spiro atoms. The van der Waals surface area contributed by atoms with Gasteiger partial charge < -0.3 is 0 Å². The average Bonchev–Trinajstić information content (AvgIpc) is 2.83. The van der Waals surface area contributed by atoms with Crippen LogP contribution < -0.4 is 0 Å². The number of hydrogen-bond acceptors (Lipinski definition) is 2. The van der Waals surface area contributed by atoms with Crippen molar-refractivity contribution in [3.05, 3.63) is 34.9 Å². The maximum Gasteiger partial charge on any atom is 0.182 e. The Kier molecular flexibility index (Phi) is 2.30. The molecule has 1 fully saturated rings. The summed E-state index contributed by atoms with van der Waals surface area (Å²) in [6.07, 6.45) is 0.0312. The molecule has 1 aliphatic rings. The molecular formula is C11H14ClNO. The molecule has 0 bridgehead atoms. The van der Waals surface area contributed by atoms with Gasteiger partial charge in [0, 0.05) is 16.1 Å². The van der Waals surface area contributed by atoms with Crippen LogP contribution in [0.2, 0.25) is 5.02 Å². The van der Waals surface area contributed by atoms with Crippen LogP contribution in [-0.4, -0.2) is 10.6 Å². The summed E-state index contributed by atoms with van der Waals surface area (Å²) in [6.45, 7) is 6.34. The van der Waals surface area contributed by atoms with Gasteiger partial charge in [0.2, 0.25) is 0 Å². The first-order chi connectivity index (χ1) is 6.50. The molecule has 2 rings (SSSR count). The molecule has 14 heavy (non-hydrogen) atoms. The van der Waals surface area contributed by atoms with Crippen molar-refractivity contribution < 1.29 is 4.84 Å². The first-order valence-corrected chi connectivity index (χ1v) is 5.08. The summed E-state index contributed by atoms with van der Waals surface area (Å²) in [7, 11) is 0. The number of halogens is 1. The third-order valence-electron chi connectivity index (χ3n) is 2.21. The van der Waals surface area contributed by atoms with E-state index < -0.39 is 0 Å². The van der Waals surface area contributed by atoms with Gasteiger partial charge in [0.05, 0.1) is 0 Å². The van der Waals surface area contributed by atoms with E-state index in [4.69, 9.17) is 16.4 Å². The fourth-order valence-electron chi connectivity index (χ4n) is 1.45. The lowest BCUT2D eigenvalue weighted by Gasteiger charge is -2.16. The quantitative estimate of drug-likeness (QED) is 0.662. The minimum atomic E-state index is 0.0312. The Morgan fingerprint density at radius 2 is 1.93 bits per heavy atom. The Morgan fingerprint density at radius 1 is 1.29 bits per heavy atom. The minimum Gasteiger partial charge on any atom is -0.269 e. The van der Waals surface area contributed by atoms with Gasteiger partial charge in [-0.2, -0.15) is 0 Å². The van der Waals surface area contributed by atoms with Crippen molar-refractivity contribution in [3.63, 3.8) is 0 Å². The number of rotatable bonds is 1. The van der Waals surface area contributed by atoms with E-state index in [9.17, 15) is 0 Å². The molecule has 0 aromatic heterocycles. The lowest BCUT2D eigenvalue weighted by Crippen LogP contribution is -2.25. The molecular weight excluding hydrogens is 198 g/mol. The highest BCUT2D eigenvalue weighted by Gasteiger charge is 2.46. The highest BCUT2D eigenvalue weighted by molar-refractivity contribution is 6.31. The fourth-order valence-corrected chi connectivity index (χ4v) is 1.68. The molecule has 0 radical (unpaired) electrons. The van der Waals surface area contributed by atoms with Crippen LogP contribution in [0.5, 0.6) is 0 Å². The molecule has 1 aromatic carbocycles. The van der Waals surface area contributed by atoms with Crippen molar-refractivity contribution in [1.82, 2.24) is 5.06 Å². The normalized spacial score (nSPS) is 26.3. The van der Waals surface area contributed by atoms with Crippen LogP contribution >= 0.6 is 11.6 Å². The Hall–Kier alpha value is -0.570. The van der Waals surface area contributed by atoms with E-state index >= 15 is 0 Å². The summed E-state index contributed by atoms with van der Waals surface area (Å²) in [5.41, 5.74) is 1.08. The monoisotopic (exact) mass is 211 g/mol. The Labute approximate surface area is 89.4 Å². The Balaban J connectivity index is 2.18. The van der Waals surface area contributed by atoms with Crippen LogP contribution in [0.1, 0.15) is 32.6 Å². The predicted octanol–water partition coefficient (Wildman–Crippen LogP) is 3.38. The van der Waals surface area contributed by atoms with Crippen LogP contribution in [0.4, 0.5) is 0 Å². The number of benzene rings is 1. The molecule has 0 aliphatic carbocycles. The number of nitrogens with zero attached hydrogens (tertiary/aromatic N) is 1. The molecule has 1 saturated heterocycles. The van der Waals surface area contributed by atoms with Crippen molar-refractivity contribution in [2.75, 3.05) is 0 Å². The summed E-state index contributed by atoms with van der Waals surface area (Å²) in [5.74, 6) is 0. The Morgan fingerprint density at radius 3 is 2.43 bits per heavy atom. The Bertz CT molecular complexity index is 345. The van der Waals surface area contributed by atoms with Gasteiger partial charge in [-0.05, 0) is 26.8 Å². The predicted molar refractivity (Wildman–Crippen MR) is 56.9 cm³/mol. The van der Waals surface area contributed by atoms with Gasteiger partial charge in [0.25, 0.3) is 0 Å². The van der Waals surface area contributed by atoms with Crippen molar-refractivity contribution in [2.24, 2.45) is 0 Å². The van der Waals surface area contributed by atoms with Crippen molar-refractivity contribution in [1.29, 1.82) is 0 Å². The zero-order valence-corrected chi connectivity index (χ0v) is 9.38. The SMILES string of the molecule is CC(C)(C)N1OC1c1ccccc1Cl. The fraction of sp³-hybridized carbons (Fsp3) is 0.455. The van der Waals surface area contributed by atoms with Gasteiger partial charge in [-0.1, -0.05) is 29.8 Å². The van der Waals surface area contributed by atoms with Crippen molar-refractivity contribution in [3.8, 4) is 0 Å². The second kappa shape index (κ2) is 3.23. The smallest absolute Gasteiger partial charge is 0.182 e. The van der Waals surface area contributed by atoms with Crippen LogP contribution in [0.25, 0.3) is 0 Å². The summed E-state index contributed by atoms with van der Waals surface area (Å²) in [4.78, 5) is 5.50. The summed E-state index contributed by atoms with van der Waals surface area (Å²) < 4.78 is 0. The number of hydrogen-bond donors (Lipinski definition) is 0. The molecule has 1 aliphatic heterocycles. The largest absolute Gasteiger partial charge is 0.269 e. The van der Waals surface area contributed by atoms with E-state index in [2.05, 4.69) is 20.8 Å². The van der Waals surface area contributed by atoms with Crippen LogP contribution in [0, 0.1) is 0 Å². The summed E-state index contributed by atoms with van der Waals surface area (Å²) in [5, 5.41) is 2.72. The molecule has 2 atom stereocenters. The molecule has 1 heterocycles. The average molecular weight is 212 g/mol. The van der Waals surface area contributed by atoms with Crippen molar-refractivity contribution in [2.45, 2.75) is 32.5 Å². The highest BCUT2D eigenvalue weighted by Crippen LogP contribution is 2.45. The summed E-state index contributed by atoms with van der Waals surface area (Å²) in [6, 6.07) is 7.79. The van der Waals surface area contributed by atoms with Crippen molar-refractivity contribution >= 4 is 11.6 Å². The van der Waals surface area contributed by atoms with E-state index in [-0.39, 0.29) is 11.8 Å². The van der Waals surface area contributed by atoms with E-state index in [0.717, 1.165) is 10.6 Å². The lowest BCUT2D eigenvalue weighted by molar-refractivity contribution is 0.101. The molecule has 2 nitrogen and oxygen atoms in total. The first-order valence-electron chi connectivity index (χ1n) is 4.71. The number of hydroxylamine groups is 2. The molecule has 2 unspecified atom stereocenters. The minimum absolute atomic E-state index is 0.0312. The second-order valence-corrected chi connectivity index (χ2v) is 4.88. The van der Waals surface area contributed by atoms with E-state index in [1.165, 1.54) is 0 Å². The van der Waals surface area contributed by atoms with E-state index in [1.54, 1.807) is 0 Å². The van der Waals surface area contributed by atoms with Gasteiger partial charge in [-0.15, -0.1) is 5.06 Å². The molecule has 76 valence electrons. The molecule has 3 heteroatoms. The zero-order chi connectivity index (χ0) is 10.3. The second-order valence-electron chi connectivity index (χ2n) is 4.48. The van der Waals surface area contributed by atoms with Crippen LogP contribution in [-0.2, 0) is 4.84 Å². The van der Waals surface area contributed by atoms with Crippen LogP contribution in [0.3, 0.4) is 0 Å². The first kappa shape index (κ1) is 9.97. The van der Waals surface area contributed by atoms with Gasteiger partial charge in [-0.25, -0.2) is 0 Å². The maximum absolute atomic E-state index is 6.07. The lowest BCUT2D eigenvalue weighted by atomic mass is 10.1. The molecule has 0 N–H and O–H groups in total. The highest BCUT2D eigenvalue weighted by atomic mass is 35.5. The van der Waals surface area contributed by atoms with Gasteiger partial charge >= 0.3 is 0 Å².